The summed E-state index contributed by atoms with van der Waals surface area (Å²) in [6.07, 6.45) is 0. The Labute approximate surface area is 160 Å². The molecule has 5 rings (SSSR count). The summed E-state index contributed by atoms with van der Waals surface area (Å²) < 4.78 is 6.34. The van der Waals surface area contributed by atoms with Gasteiger partial charge in [-0.1, -0.05) is 49.1 Å². The maximum absolute atomic E-state index is 9.46. The highest BCUT2D eigenvalue weighted by Crippen LogP contribution is 2.40. The molecule has 0 unspecified atom stereocenters. The summed E-state index contributed by atoms with van der Waals surface area (Å²) in [5.41, 5.74) is 9.41. The predicted octanol–water partition coefficient (Wildman–Crippen LogP) is 3.44. The van der Waals surface area contributed by atoms with Crippen molar-refractivity contribution in [2.45, 2.75) is 33.1 Å². The topological polar surface area (TPSA) is 33.0 Å². The van der Waals surface area contributed by atoms with E-state index in [0.717, 1.165) is 17.1 Å². The number of hydrogen-bond acceptors (Lipinski definition) is 2. The van der Waals surface area contributed by atoms with Crippen LogP contribution in [0.3, 0.4) is 0 Å². The van der Waals surface area contributed by atoms with E-state index in [1.807, 2.05) is 6.07 Å². The van der Waals surface area contributed by atoms with Crippen molar-refractivity contribution in [3.8, 4) is 17.6 Å². The van der Waals surface area contributed by atoms with Crippen molar-refractivity contribution >= 4 is 23.1 Å². The zero-order valence-corrected chi connectivity index (χ0v) is 16.1. The molecule has 2 aliphatic rings. The van der Waals surface area contributed by atoms with Gasteiger partial charge in [0.05, 0.1) is 11.6 Å². The first-order valence-corrected chi connectivity index (χ1v) is 9.38. The van der Waals surface area contributed by atoms with E-state index >= 15 is 0 Å². The molecule has 0 N–H and O–H groups in total. The Bertz CT molecular complexity index is 1170. The molecule has 27 heavy (non-hydrogen) atoms. The van der Waals surface area contributed by atoms with Crippen LogP contribution in [0, 0.1) is 25.2 Å². The first-order chi connectivity index (χ1) is 12.9. The summed E-state index contributed by atoms with van der Waals surface area (Å²) >= 11 is 0. The Hall–Kier alpha value is -2.99. The second-order valence-electron chi connectivity index (χ2n) is 8.28. The molecule has 3 aromatic rings. The molecule has 0 amide bonds. The van der Waals surface area contributed by atoms with Crippen LogP contribution in [0.5, 0.6) is 11.5 Å². The maximum Gasteiger partial charge on any atom is 0.251 e. The Balaban J connectivity index is 1.93. The SMILES string of the molecule is Cc1ccc2c(c1)B1c3ccc(C#N)cc3C(C)(C)c3c(C)ccc(c31)O2. The van der Waals surface area contributed by atoms with Crippen molar-refractivity contribution < 1.29 is 4.74 Å². The number of benzene rings is 3. The normalized spacial score (nSPS) is 15.1. The number of aryl methyl sites for hydroxylation is 2. The predicted molar refractivity (Wildman–Crippen MR) is 110 cm³/mol. The van der Waals surface area contributed by atoms with Crippen LogP contribution in [0.1, 0.15) is 41.7 Å². The average molecular weight is 349 g/mol. The molecule has 2 nitrogen and oxygen atoms in total. The van der Waals surface area contributed by atoms with Crippen LogP contribution >= 0.6 is 0 Å². The third-order valence-electron chi connectivity index (χ3n) is 6.19. The van der Waals surface area contributed by atoms with Crippen molar-refractivity contribution in [3.05, 3.63) is 76.3 Å². The molecule has 0 bridgehead atoms. The molecule has 130 valence electrons. The van der Waals surface area contributed by atoms with Crippen molar-refractivity contribution in [3.63, 3.8) is 0 Å². The molecular weight excluding hydrogens is 329 g/mol. The van der Waals surface area contributed by atoms with E-state index in [2.05, 4.69) is 76.2 Å². The van der Waals surface area contributed by atoms with Crippen LogP contribution < -0.4 is 21.1 Å². The molecule has 2 aliphatic heterocycles. The standard InChI is InChI=1S/C24H20BNO/c1-14-5-9-20-19(11-14)25-18-8-7-16(13-26)12-17(18)24(3,4)22-15(2)6-10-21(27-20)23(22)25/h5-12H,1-4H3. The van der Waals surface area contributed by atoms with Gasteiger partial charge in [0.2, 0.25) is 0 Å². The number of hydrogen-bond donors (Lipinski definition) is 0. The summed E-state index contributed by atoms with van der Waals surface area (Å²) in [5.74, 6) is 1.89. The van der Waals surface area contributed by atoms with Crippen LogP contribution in [-0.2, 0) is 5.41 Å². The third-order valence-corrected chi connectivity index (χ3v) is 6.19. The minimum Gasteiger partial charge on any atom is -0.458 e. The van der Waals surface area contributed by atoms with Gasteiger partial charge in [-0.25, -0.2) is 0 Å². The van der Waals surface area contributed by atoms with E-state index in [1.54, 1.807) is 0 Å². The van der Waals surface area contributed by atoms with Gasteiger partial charge >= 0.3 is 0 Å². The fourth-order valence-corrected chi connectivity index (χ4v) is 5.05. The summed E-state index contributed by atoms with van der Waals surface area (Å²) in [5, 5.41) is 9.46. The molecule has 0 saturated carbocycles. The first-order valence-electron chi connectivity index (χ1n) is 9.38. The summed E-state index contributed by atoms with van der Waals surface area (Å²) in [6.45, 7) is 8.97. The monoisotopic (exact) mass is 349 g/mol. The van der Waals surface area contributed by atoms with Gasteiger partial charge < -0.3 is 4.74 Å². The molecular formula is C24H20BNO. The molecule has 2 heterocycles. The van der Waals surface area contributed by atoms with Crippen molar-refractivity contribution in [1.29, 1.82) is 5.26 Å². The molecule has 0 atom stereocenters. The largest absolute Gasteiger partial charge is 0.458 e. The van der Waals surface area contributed by atoms with Crippen LogP contribution in [0.4, 0.5) is 0 Å². The quantitative estimate of drug-likeness (QED) is 0.456. The van der Waals surface area contributed by atoms with E-state index in [0.29, 0.717) is 0 Å². The molecule has 3 heteroatoms. The number of nitrogens with zero attached hydrogens (tertiary/aromatic N) is 1. The summed E-state index contributed by atoms with van der Waals surface area (Å²) in [7, 11) is 0. The van der Waals surface area contributed by atoms with Gasteiger partial charge in [-0.15, -0.1) is 0 Å². The smallest absolute Gasteiger partial charge is 0.251 e. The highest BCUT2D eigenvalue weighted by molar-refractivity contribution is 6.98. The van der Waals surface area contributed by atoms with Crippen molar-refractivity contribution in [2.24, 2.45) is 0 Å². The van der Waals surface area contributed by atoms with Crippen molar-refractivity contribution in [2.75, 3.05) is 0 Å². The lowest BCUT2D eigenvalue weighted by molar-refractivity contribution is 0.484. The minimum atomic E-state index is -0.182. The van der Waals surface area contributed by atoms with E-state index in [4.69, 9.17) is 4.74 Å². The van der Waals surface area contributed by atoms with Crippen LogP contribution in [0.15, 0.2) is 48.5 Å². The van der Waals surface area contributed by atoms with E-state index in [-0.39, 0.29) is 12.1 Å². The Morgan fingerprint density at radius 1 is 0.926 bits per heavy atom. The van der Waals surface area contributed by atoms with Gasteiger partial charge in [-0.2, -0.15) is 5.26 Å². The van der Waals surface area contributed by atoms with Crippen molar-refractivity contribution in [1.82, 2.24) is 0 Å². The van der Waals surface area contributed by atoms with Crippen LogP contribution in [0.2, 0.25) is 0 Å². The molecule has 0 fully saturated rings. The molecule has 0 radical (unpaired) electrons. The van der Waals surface area contributed by atoms with Gasteiger partial charge in [0.15, 0.2) is 0 Å². The maximum atomic E-state index is 9.46. The van der Waals surface area contributed by atoms with Gasteiger partial charge in [0, 0.05) is 5.41 Å². The number of rotatable bonds is 0. The lowest BCUT2D eigenvalue weighted by atomic mass is 9.30. The fraction of sp³-hybridized carbons (Fsp3) is 0.208. The van der Waals surface area contributed by atoms with Crippen LogP contribution in [-0.4, -0.2) is 6.71 Å². The van der Waals surface area contributed by atoms with E-state index in [1.165, 1.54) is 38.6 Å². The molecule has 0 aromatic heterocycles. The van der Waals surface area contributed by atoms with Crippen LogP contribution in [0.25, 0.3) is 0 Å². The molecule has 0 saturated heterocycles. The fourth-order valence-electron chi connectivity index (χ4n) is 5.05. The Morgan fingerprint density at radius 2 is 1.70 bits per heavy atom. The van der Waals surface area contributed by atoms with Gasteiger partial charge in [-0.05, 0) is 65.7 Å². The lowest BCUT2D eigenvalue weighted by Crippen LogP contribution is -2.62. The zero-order valence-electron chi connectivity index (χ0n) is 16.1. The average Bonchev–Trinajstić information content (AvgIpc) is 2.65. The van der Waals surface area contributed by atoms with Gasteiger partial charge in [-0.3, -0.25) is 0 Å². The second kappa shape index (κ2) is 5.27. The van der Waals surface area contributed by atoms with E-state index < -0.39 is 0 Å². The third kappa shape index (κ3) is 2.07. The van der Waals surface area contributed by atoms with E-state index in [9.17, 15) is 5.26 Å². The lowest BCUT2D eigenvalue weighted by Gasteiger charge is -2.42. The molecule has 0 aliphatic carbocycles. The zero-order chi connectivity index (χ0) is 18.9. The molecule has 0 spiro atoms. The van der Waals surface area contributed by atoms with Gasteiger partial charge in [0.1, 0.15) is 11.5 Å². The summed E-state index contributed by atoms with van der Waals surface area (Å²) in [6, 6.07) is 19.2. The highest BCUT2D eigenvalue weighted by Gasteiger charge is 2.45. The number of fused-ring (bicyclic) bond motifs is 4. The highest BCUT2D eigenvalue weighted by atomic mass is 16.5. The number of nitriles is 1. The minimum absolute atomic E-state index is 0.148. The summed E-state index contributed by atoms with van der Waals surface area (Å²) in [4.78, 5) is 0. The Morgan fingerprint density at radius 3 is 2.48 bits per heavy atom. The number of ether oxygens (including phenoxy) is 1. The van der Waals surface area contributed by atoms with Gasteiger partial charge in [0.25, 0.3) is 6.71 Å². The Kier molecular flexibility index (Phi) is 3.16. The molecule has 3 aromatic carbocycles. The first kappa shape index (κ1) is 16.2. The second-order valence-corrected chi connectivity index (χ2v) is 8.28.